The van der Waals surface area contributed by atoms with E-state index in [2.05, 4.69) is 0 Å². The Hall–Kier alpha value is -3.93. The van der Waals surface area contributed by atoms with Gasteiger partial charge in [0.1, 0.15) is 5.75 Å². The Kier molecular flexibility index (Phi) is 4.59. The van der Waals surface area contributed by atoms with Crippen molar-refractivity contribution in [3.8, 4) is 16.9 Å². The fraction of sp³-hybridized carbons (Fsp3) is 0.192. The van der Waals surface area contributed by atoms with Crippen molar-refractivity contribution in [3.05, 3.63) is 89.0 Å². The van der Waals surface area contributed by atoms with Gasteiger partial charge in [0.25, 0.3) is 0 Å². The number of fused-ring (bicyclic) bond motifs is 5. The van der Waals surface area contributed by atoms with Crippen LogP contribution in [0.15, 0.2) is 66.7 Å². The first kappa shape index (κ1) is 20.0. The molecule has 1 fully saturated rings. The van der Waals surface area contributed by atoms with E-state index in [1.165, 1.54) is 0 Å². The van der Waals surface area contributed by atoms with E-state index in [4.69, 9.17) is 4.74 Å². The molecule has 0 radical (unpaired) electrons. The Balaban J connectivity index is 1.75. The molecule has 3 aromatic carbocycles. The zero-order chi connectivity index (χ0) is 22.6. The van der Waals surface area contributed by atoms with Crippen molar-refractivity contribution in [2.75, 3.05) is 7.11 Å². The molecule has 0 aliphatic heterocycles. The van der Waals surface area contributed by atoms with Crippen LogP contribution in [0.1, 0.15) is 38.9 Å². The Labute approximate surface area is 184 Å². The van der Waals surface area contributed by atoms with Gasteiger partial charge < -0.3 is 14.9 Å². The van der Waals surface area contributed by atoms with Gasteiger partial charge in [0.05, 0.1) is 18.9 Å². The van der Waals surface area contributed by atoms with Crippen LogP contribution >= 0.6 is 0 Å². The highest BCUT2D eigenvalue weighted by molar-refractivity contribution is 6.13. The Morgan fingerprint density at radius 1 is 0.750 bits per heavy atom. The van der Waals surface area contributed by atoms with E-state index in [1.807, 2.05) is 30.3 Å². The van der Waals surface area contributed by atoms with Gasteiger partial charge in [-0.2, -0.15) is 0 Å². The van der Waals surface area contributed by atoms with E-state index in [9.17, 15) is 24.6 Å². The number of benzene rings is 3. The second kappa shape index (κ2) is 7.34. The van der Waals surface area contributed by atoms with E-state index < -0.39 is 35.6 Å². The Morgan fingerprint density at radius 3 is 1.94 bits per heavy atom. The summed E-state index contributed by atoms with van der Waals surface area (Å²) in [7, 11) is 1.58. The smallest absolute Gasteiger partial charge is 0.308 e. The number of ketones is 1. The molecule has 0 saturated heterocycles. The third-order valence-electron chi connectivity index (χ3n) is 6.76. The molecule has 2 aliphatic carbocycles. The molecule has 3 aromatic rings. The minimum Gasteiger partial charge on any atom is -0.496 e. The molecule has 4 atom stereocenters. The summed E-state index contributed by atoms with van der Waals surface area (Å²) in [6.45, 7) is 0. The van der Waals surface area contributed by atoms with Gasteiger partial charge in [-0.15, -0.1) is 0 Å². The van der Waals surface area contributed by atoms with Gasteiger partial charge in [-0.05, 0) is 28.8 Å². The van der Waals surface area contributed by atoms with Gasteiger partial charge in [0, 0.05) is 28.5 Å². The maximum Gasteiger partial charge on any atom is 0.308 e. The minimum atomic E-state index is -1.16. The quantitative estimate of drug-likeness (QED) is 0.646. The number of para-hydroxylation sites is 1. The molecule has 0 aromatic heterocycles. The number of carboxylic acids is 2. The van der Waals surface area contributed by atoms with Crippen LogP contribution in [0.2, 0.25) is 0 Å². The molecule has 0 spiro atoms. The van der Waals surface area contributed by atoms with Crippen molar-refractivity contribution < 1.29 is 29.3 Å². The highest BCUT2D eigenvalue weighted by Gasteiger charge is 2.60. The third kappa shape index (κ3) is 2.76. The second-order valence-corrected chi connectivity index (χ2v) is 8.20. The summed E-state index contributed by atoms with van der Waals surface area (Å²) >= 11 is 0. The number of hydrogen-bond acceptors (Lipinski definition) is 4. The summed E-state index contributed by atoms with van der Waals surface area (Å²) in [5.74, 6) is -5.26. The maximum absolute atomic E-state index is 13.6. The van der Waals surface area contributed by atoms with Crippen LogP contribution in [0, 0.1) is 11.8 Å². The summed E-state index contributed by atoms with van der Waals surface area (Å²) in [4.78, 5) is 37.7. The van der Waals surface area contributed by atoms with E-state index in [0.29, 0.717) is 28.0 Å². The fourth-order valence-corrected chi connectivity index (χ4v) is 5.37. The predicted octanol–water partition coefficient (Wildman–Crippen LogP) is 4.19. The zero-order valence-corrected chi connectivity index (χ0v) is 17.2. The van der Waals surface area contributed by atoms with Crippen molar-refractivity contribution in [1.29, 1.82) is 0 Å². The van der Waals surface area contributed by atoms with Crippen LogP contribution in [-0.4, -0.2) is 35.0 Å². The molecule has 0 amide bonds. The third-order valence-corrected chi connectivity index (χ3v) is 6.76. The van der Waals surface area contributed by atoms with Crippen LogP contribution in [0.3, 0.4) is 0 Å². The summed E-state index contributed by atoms with van der Waals surface area (Å²) in [5, 5.41) is 19.7. The zero-order valence-electron chi connectivity index (χ0n) is 17.2. The summed E-state index contributed by atoms with van der Waals surface area (Å²) < 4.78 is 5.46. The lowest BCUT2D eigenvalue weighted by Gasteiger charge is -2.48. The molecular weight excluding hydrogens is 408 g/mol. The lowest BCUT2D eigenvalue weighted by atomic mass is 9.52. The molecule has 6 heteroatoms. The highest BCUT2D eigenvalue weighted by atomic mass is 16.5. The van der Waals surface area contributed by atoms with Gasteiger partial charge in [-0.3, -0.25) is 14.4 Å². The summed E-state index contributed by atoms with van der Waals surface area (Å²) in [6, 6.07) is 19.8. The predicted molar refractivity (Wildman–Crippen MR) is 116 cm³/mol. The van der Waals surface area contributed by atoms with Gasteiger partial charge in [-0.1, -0.05) is 54.6 Å². The molecule has 0 unspecified atom stereocenters. The second-order valence-electron chi connectivity index (χ2n) is 8.20. The van der Waals surface area contributed by atoms with Crippen LogP contribution in [0.5, 0.6) is 5.75 Å². The molecule has 0 heterocycles. The van der Waals surface area contributed by atoms with Crippen molar-refractivity contribution >= 4 is 17.7 Å². The molecule has 0 bridgehead atoms. The van der Waals surface area contributed by atoms with Gasteiger partial charge in [-0.25, -0.2) is 0 Å². The lowest BCUT2D eigenvalue weighted by molar-refractivity contribution is -0.164. The average Bonchev–Trinajstić information content (AvgIpc) is 2.85. The summed E-state index contributed by atoms with van der Waals surface area (Å²) in [6.07, 6.45) is 0. The van der Waals surface area contributed by atoms with Crippen LogP contribution < -0.4 is 4.74 Å². The minimum absolute atomic E-state index is 0.227. The van der Waals surface area contributed by atoms with E-state index in [0.717, 1.165) is 11.1 Å². The molecule has 32 heavy (non-hydrogen) atoms. The highest BCUT2D eigenvalue weighted by Crippen LogP contribution is 2.60. The number of carbonyl (C=O) groups is 3. The molecule has 1 saturated carbocycles. The number of carboxylic acid groups (broad SMARTS) is 2. The number of carbonyl (C=O) groups excluding carboxylic acids is 1. The standard InChI is InChI=1S/C26H20O6/c1-32-19-9-5-4-6-14(19)13-10-11-16-18(12-13)24(27)17-8-3-2-7-15(17)20-21(16)23(26(30)31)22(20)25(28)29/h2-12,20-23H,1H3,(H,28,29)(H,30,31)/t20-,21+,22-,23+/m0/s1. The van der Waals surface area contributed by atoms with Crippen molar-refractivity contribution in [3.63, 3.8) is 0 Å². The van der Waals surface area contributed by atoms with Gasteiger partial charge in [0.15, 0.2) is 5.78 Å². The molecule has 6 nitrogen and oxygen atoms in total. The normalized spacial score (nSPS) is 23.1. The van der Waals surface area contributed by atoms with Crippen LogP contribution in [0.4, 0.5) is 0 Å². The summed E-state index contributed by atoms with van der Waals surface area (Å²) in [5.41, 5.74) is 3.59. The lowest BCUT2D eigenvalue weighted by Crippen LogP contribution is -2.51. The van der Waals surface area contributed by atoms with Gasteiger partial charge in [0.2, 0.25) is 0 Å². The Morgan fingerprint density at radius 2 is 1.31 bits per heavy atom. The fourth-order valence-electron chi connectivity index (χ4n) is 5.37. The number of ether oxygens (including phenoxy) is 1. The number of aliphatic carboxylic acids is 2. The van der Waals surface area contributed by atoms with Crippen molar-refractivity contribution in [2.45, 2.75) is 11.8 Å². The molecule has 2 N–H and O–H groups in total. The molecule has 5 rings (SSSR count). The molecule has 160 valence electrons. The van der Waals surface area contributed by atoms with E-state index >= 15 is 0 Å². The number of methoxy groups -OCH3 is 1. The SMILES string of the molecule is COc1ccccc1-c1ccc2c(c1)C(=O)c1ccccc1[C@@H]1[C@H](C(=O)O)[C@H](C(=O)O)[C@H]21. The molecule has 2 aliphatic rings. The van der Waals surface area contributed by atoms with E-state index in [1.54, 1.807) is 43.5 Å². The van der Waals surface area contributed by atoms with Crippen LogP contribution in [0.25, 0.3) is 11.1 Å². The van der Waals surface area contributed by atoms with Crippen molar-refractivity contribution in [2.24, 2.45) is 11.8 Å². The first-order valence-electron chi connectivity index (χ1n) is 10.3. The first-order valence-corrected chi connectivity index (χ1v) is 10.3. The van der Waals surface area contributed by atoms with E-state index in [-0.39, 0.29) is 5.78 Å². The first-order chi connectivity index (χ1) is 15.4. The topological polar surface area (TPSA) is 101 Å². The monoisotopic (exact) mass is 428 g/mol. The Bertz CT molecular complexity index is 1280. The number of rotatable bonds is 4. The maximum atomic E-state index is 13.6. The van der Waals surface area contributed by atoms with Gasteiger partial charge >= 0.3 is 11.9 Å². The largest absolute Gasteiger partial charge is 0.496 e. The number of hydrogen-bond donors (Lipinski definition) is 2. The molecular formula is C26H20O6. The van der Waals surface area contributed by atoms with Crippen molar-refractivity contribution in [1.82, 2.24) is 0 Å². The van der Waals surface area contributed by atoms with Crippen LogP contribution in [-0.2, 0) is 9.59 Å². The average molecular weight is 428 g/mol.